The van der Waals surface area contributed by atoms with E-state index in [-0.39, 0.29) is 12.1 Å². The van der Waals surface area contributed by atoms with Crippen LogP contribution in [0.3, 0.4) is 0 Å². The number of rotatable bonds is 2. The summed E-state index contributed by atoms with van der Waals surface area (Å²) in [5.74, 6) is -1.12. The molecule has 0 saturated carbocycles. The van der Waals surface area contributed by atoms with Gasteiger partial charge in [-0.2, -0.15) is 10.2 Å². The maximum absolute atomic E-state index is 13.6. The number of thiophene rings is 1. The second kappa shape index (κ2) is 4.57. The van der Waals surface area contributed by atoms with Crippen molar-refractivity contribution in [1.82, 2.24) is 0 Å². The number of halogens is 2. The Morgan fingerprint density at radius 3 is 2.67 bits per heavy atom. The lowest BCUT2D eigenvalue weighted by molar-refractivity contribution is 0.550. The molecule has 1 aromatic carbocycles. The van der Waals surface area contributed by atoms with Gasteiger partial charge in [0, 0.05) is 22.9 Å². The predicted octanol–water partition coefficient (Wildman–Crippen LogP) is 4.66. The van der Waals surface area contributed by atoms with E-state index in [0.29, 0.717) is 12.0 Å². The molecule has 0 radical (unpaired) electrons. The quantitative estimate of drug-likeness (QED) is 0.753. The highest BCUT2D eigenvalue weighted by molar-refractivity contribution is 7.10. The normalized spacial score (nSPS) is 22.6. The van der Waals surface area contributed by atoms with E-state index in [4.69, 9.17) is 0 Å². The van der Waals surface area contributed by atoms with Crippen molar-refractivity contribution >= 4 is 11.3 Å². The highest BCUT2D eigenvalue weighted by Gasteiger charge is 2.27. The van der Waals surface area contributed by atoms with Crippen LogP contribution in [0.4, 0.5) is 8.78 Å². The van der Waals surface area contributed by atoms with E-state index in [0.717, 1.165) is 10.9 Å². The first-order valence-corrected chi connectivity index (χ1v) is 6.50. The zero-order valence-corrected chi connectivity index (χ0v) is 10.2. The molecule has 0 spiro atoms. The summed E-state index contributed by atoms with van der Waals surface area (Å²) in [6.45, 7) is 0. The molecule has 2 unspecified atom stereocenters. The van der Waals surface area contributed by atoms with E-state index in [1.807, 2.05) is 17.5 Å². The standard InChI is InChI=1S/C13H10F2N2S/c14-8-3-4-9(10(15)6-8)11-7-12(17-16-11)13-2-1-5-18-13/h1-6,11-12H,7H2. The SMILES string of the molecule is Fc1ccc(C2CC(c3cccs3)N=N2)c(F)c1. The molecular formula is C13H10F2N2S. The molecule has 3 rings (SSSR count). The number of benzene rings is 1. The molecule has 0 saturated heterocycles. The van der Waals surface area contributed by atoms with E-state index in [1.165, 1.54) is 12.1 Å². The molecule has 0 bridgehead atoms. The van der Waals surface area contributed by atoms with E-state index in [2.05, 4.69) is 10.2 Å². The zero-order valence-electron chi connectivity index (χ0n) is 9.38. The largest absolute Gasteiger partial charge is 0.207 e. The molecule has 92 valence electrons. The van der Waals surface area contributed by atoms with Gasteiger partial charge >= 0.3 is 0 Å². The summed E-state index contributed by atoms with van der Waals surface area (Å²) in [4.78, 5) is 1.13. The Morgan fingerprint density at radius 1 is 1.11 bits per heavy atom. The Bertz CT molecular complexity index is 581. The van der Waals surface area contributed by atoms with Crippen LogP contribution in [0.2, 0.25) is 0 Å². The molecule has 2 aromatic rings. The average molecular weight is 264 g/mol. The van der Waals surface area contributed by atoms with Gasteiger partial charge in [-0.25, -0.2) is 8.78 Å². The van der Waals surface area contributed by atoms with Crippen molar-refractivity contribution in [2.24, 2.45) is 10.2 Å². The molecule has 1 aliphatic rings. The Balaban J connectivity index is 1.82. The van der Waals surface area contributed by atoms with Gasteiger partial charge in [-0.15, -0.1) is 11.3 Å². The molecule has 5 heteroatoms. The van der Waals surface area contributed by atoms with Crippen molar-refractivity contribution in [3.8, 4) is 0 Å². The molecule has 2 atom stereocenters. The van der Waals surface area contributed by atoms with Crippen molar-refractivity contribution in [2.75, 3.05) is 0 Å². The lowest BCUT2D eigenvalue weighted by atomic mass is 10.0. The fraction of sp³-hybridized carbons (Fsp3) is 0.231. The lowest BCUT2D eigenvalue weighted by Crippen LogP contribution is -1.98. The van der Waals surface area contributed by atoms with Crippen LogP contribution < -0.4 is 0 Å². The Morgan fingerprint density at radius 2 is 1.94 bits per heavy atom. The van der Waals surface area contributed by atoms with Gasteiger partial charge in [0.2, 0.25) is 0 Å². The summed E-state index contributed by atoms with van der Waals surface area (Å²) >= 11 is 1.62. The second-order valence-corrected chi connectivity index (χ2v) is 5.16. The summed E-state index contributed by atoms with van der Waals surface area (Å²) in [7, 11) is 0. The first-order valence-electron chi connectivity index (χ1n) is 5.62. The maximum atomic E-state index is 13.6. The van der Waals surface area contributed by atoms with Gasteiger partial charge in [-0.3, -0.25) is 0 Å². The van der Waals surface area contributed by atoms with Crippen LogP contribution in [-0.4, -0.2) is 0 Å². The summed E-state index contributed by atoms with van der Waals surface area (Å²) in [6.07, 6.45) is 0.642. The van der Waals surface area contributed by atoms with Crippen LogP contribution in [-0.2, 0) is 0 Å². The van der Waals surface area contributed by atoms with Crippen LogP contribution >= 0.6 is 11.3 Å². The first-order chi connectivity index (χ1) is 8.74. The molecule has 0 fully saturated rings. The van der Waals surface area contributed by atoms with Crippen LogP contribution in [0.1, 0.15) is 28.9 Å². The fourth-order valence-corrected chi connectivity index (χ4v) is 2.85. The van der Waals surface area contributed by atoms with E-state index >= 15 is 0 Å². The van der Waals surface area contributed by atoms with Gasteiger partial charge in [0.1, 0.15) is 23.7 Å². The minimum Gasteiger partial charge on any atom is -0.207 e. The van der Waals surface area contributed by atoms with Crippen LogP contribution in [0.5, 0.6) is 0 Å². The van der Waals surface area contributed by atoms with Crippen molar-refractivity contribution in [3.05, 3.63) is 57.8 Å². The third kappa shape index (κ3) is 2.06. The topological polar surface area (TPSA) is 24.7 Å². The van der Waals surface area contributed by atoms with Crippen LogP contribution in [0.25, 0.3) is 0 Å². The number of hydrogen-bond donors (Lipinski definition) is 0. The molecule has 2 heterocycles. The lowest BCUT2D eigenvalue weighted by Gasteiger charge is -2.08. The van der Waals surface area contributed by atoms with Gasteiger partial charge in [-0.1, -0.05) is 12.1 Å². The average Bonchev–Trinajstić information content (AvgIpc) is 2.99. The minimum atomic E-state index is -0.569. The van der Waals surface area contributed by atoms with Gasteiger partial charge in [0.25, 0.3) is 0 Å². The van der Waals surface area contributed by atoms with Gasteiger partial charge in [0.15, 0.2) is 0 Å². The van der Waals surface area contributed by atoms with E-state index in [1.54, 1.807) is 11.3 Å². The van der Waals surface area contributed by atoms with Gasteiger partial charge < -0.3 is 0 Å². The molecular weight excluding hydrogens is 254 g/mol. The minimum absolute atomic E-state index is 0.000506. The third-order valence-electron chi connectivity index (χ3n) is 2.99. The molecule has 0 N–H and O–H groups in total. The predicted molar refractivity (Wildman–Crippen MR) is 65.6 cm³/mol. The van der Waals surface area contributed by atoms with Crippen LogP contribution in [0.15, 0.2) is 45.9 Å². The smallest absolute Gasteiger partial charge is 0.131 e. The Kier molecular flexibility index (Phi) is 2.91. The van der Waals surface area contributed by atoms with E-state index < -0.39 is 11.6 Å². The fourth-order valence-electron chi connectivity index (χ4n) is 2.08. The van der Waals surface area contributed by atoms with Crippen molar-refractivity contribution < 1.29 is 8.78 Å². The molecule has 0 amide bonds. The summed E-state index contributed by atoms with van der Waals surface area (Å²) in [5, 5.41) is 10.3. The number of nitrogens with zero attached hydrogens (tertiary/aromatic N) is 2. The van der Waals surface area contributed by atoms with Crippen LogP contribution in [0, 0.1) is 11.6 Å². The molecule has 1 aromatic heterocycles. The zero-order chi connectivity index (χ0) is 12.5. The number of azo groups is 1. The molecule has 2 nitrogen and oxygen atoms in total. The van der Waals surface area contributed by atoms with Crippen molar-refractivity contribution in [1.29, 1.82) is 0 Å². The van der Waals surface area contributed by atoms with E-state index in [9.17, 15) is 8.78 Å². The second-order valence-electron chi connectivity index (χ2n) is 4.18. The first kappa shape index (κ1) is 11.5. The summed E-state index contributed by atoms with van der Waals surface area (Å²) < 4.78 is 26.5. The molecule has 1 aliphatic heterocycles. The van der Waals surface area contributed by atoms with Crippen molar-refractivity contribution in [2.45, 2.75) is 18.5 Å². The highest BCUT2D eigenvalue weighted by Crippen LogP contribution is 2.40. The Hall–Kier alpha value is -1.62. The summed E-state index contributed by atoms with van der Waals surface area (Å²) in [5.41, 5.74) is 0.416. The molecule has 18 heavy (non-hydrogen) atoms. The van der Waals surface area contributed by atoms with Gasteiger partial charge in [-0.05, 0) is 17.5 Å². The number of hydrogen-bond acceptors (Lipinski definition) is 3. The maximum Gasteiger partial charge on any atom is 0.131 e. The third-order valence-corrected chi connectivity index (χ3v) is 3.96. The Labute approximate surface area is 107 Å². The highest BCUT2D eigenvalue weighted by atomic mass is 32.1. The monoisotopic (exact) mass is 264 g/mol. The molecule has 0 aliphatic carbocycles. The summed E-state index contributed by atoms with van der Waals surface area (Å²) in [6, 6.07) is 7.25. The van der Waals surface area contributed by atoms with Crippen molar-refractivity contribution in [3.63, 3.8) is 0 Å². The van der Waals surface area contributed by atoms with Gasteiger partial charge in [0.05, 0.1) is 0 Å².